The van der Waals surface area contributed by atoms with Gasteiger partial charge in [0.15, 0.2) is 5.69 Å². The van der Waals surface area contributed by atoms with Crippen molar-refractivity contribution in [3.05, 3.63) is 17.5 Å². The highest BCUT2D eigenvalue weighted by Gasteiger charge is 2.58. The van der Waals surface area contributed by atoms with Crippen molar-refractivity contribution in [1.29, 1.82) is 0 Å². The number of nitrogens with zero attached hydrogens (tertiary/aromatic N) is 3. The maximum atomic E-state index is 13.5. The van der Waals surface area contributed by atoms with Crippen molar-refractivity contribution in [3.8, 4) is 17.5 Å². The van der Waals surface area contributed by atoms with Gasteiger partial charge in [0, 0.05) is 0 Å². The highest BCUT2D eigenvalue weighted by atomic mass is 32.2. The first-order chi connectivity index (χ1) is 13.8. The number of alkyl halides is 6. The number of anilines is 1. The fourth-order valence-corrected chi connectivity index (χ4v) is 3.62. The Morgan fingerprint density at radius 3 is 2.53 bits per heavy atom. The van der Waals surface area contributed by atoms with Crippen LogP contribution in [-0.2, 0) is 11.8 Å². The third kappa shape index (κ3) is 4.29. The van der Waals surface area contributed by atoms with Gasteiger partial charge in [0.25, 0.3) is 11.8 Å². The van der Waals surface area contributed by atoms with E-state index in [0.717, 1.165) is 11.8 Å². The van der Waals surface area contributed by atoms with E-state index in [4.69, 9.17) is 14.9 Å². The monoisotopic (exact) mass is 458 g/mol. The van der Waals surface area contributed by atoms with E-state index in [-0.39, 0.29) is 18.6 Å². The first kappa shape index (κ1) is 22.5. The number of aromatic nitrogens is 3. The molecule has 2 aromatic rings. The molecule has 0 unspecified atom stereocenters. The van der Waals surface area contributed by atoms with Gasteiger partial charge in [-0.05, 0) is 38.0 Å². The lowest BCUT2D eigenvalue weighted by molar-refractivity contribution is -0.277. The van der Waals surface area contributed by atoms with Gasteiger partial charge in [-0.15, -0.1) is 22.0 Å². The molecule has 14 heteroatoms. The minimum absolute atomic E-state index is 0.0626. The second kappa shape index (κ2) is 7.80. The van der Waals surface area contributed by atoms with Crippen LogP contribution in [0.25, 0.3) is 11.6 Å². The van der Waals surface area contributed by atoms with Crippen LogP contribution in [0.3, 0.4) is 0 Å². The molecule has 0 aliphatic carbocycles. The Morgan fingerprint density at radius 2 is 1.90 bits per heavy atom. The van der Waals surface area contributed by atoms with Gasteiger partial charge in [-0.3, -0.25) is 0 Å². The summed E-state index contributed by atoms with van der Waals surface area (Å²) in [5.74, 6) is -2.38. The molecule has 3 heterocycles. The normalized spacial score (nSPS) is 23.5. The molecule has 0 radical (unpaired) electrons. The number of ether oxygens (including phenoxy) is 1. The molecule has 0 amide bonds. The van der Waals surface area contributed by atoms with E-state index < -0.39 is 64.4 Å². The predicted octanol–water partition coefficient (Wildman–Crippen LogP) is 4.12. The van der Waals surface area contributed by atoms with Crippen LogP contribution in [0.15, 0.2) is 10.5 Å². The molecule has 1 aliphatic heterocycles. The van der Waals surface area contributed by atoms with E-state index in [1.54, 1.807) is 0 Å². The van der Waals surface area contributed by atoms with E-state index in [1.807, 2.05) is 0 Å². The number of fused-ring (bicyclic) bond motifs is 5. The van der Waals surface area contributed by atoms with Crippen molar-refractivity contribution in [2.24, 2.45) is 0 Å². The molecular weight excluding hydrogens is 442 g/mol. The third-order valence-electron chi connectivity index (χ3n) is 4.34. The number of pyridine rings is 1. The van der Waals surface area contributed by atoms with Gasteiger partial charge >= 0.3 is 12.4 Å². The lowest BCUT2D eigenvalue weighted by Gasteiger charge is -2.27. The molecule has 3 N–H and O–H groups in total. The summed E-state index contributed by atoms with van der Waals surface area (Å²) in [5.41, 5.74) is -0.899. The fraction of sp³-hybridized carbons (Fsp3) is 0.562. The standard InChI is InChI=1S/C16H16F6N4O3S/c1-7-28-11-8(15(17,18)19)6-9(23)10(24-11)12-25-26-13(29-12)14(27,16(20,21)22)4-2-3-5-30-7/h6-7,27H,2-5,23H2,1H3/t7-,14+/m0/s1. The van der Waals surface area contributed by atoms with Gasteiger partial charge in [-0.25, -0.2) is 4.98 Å². The van der Waals surface area contributed by atoms with Gasteiger partial charge in [-0.1, -0.05) is 0 Å². The number of hydrogen-bond donors (Lipinski definition) is 2. The quantitative estimate of drug-likeness (QED) is 0.568. The first-order valence-electron chi connectivity index (χ1n) is 8.62. The largest absolute Gasteiger partial charge is 0.463 e. The highest BCUT2D eigenvalue weighted by Crippen LogP contribution is 2.44. The fourth-order valence-electron chi connectivity index (χ4n) is 2.76. The Balaban J connectivity index is 2.17. The Morgan fingerprint density at radius 1 is 1.20 bits per heavy atom. The Bertz CT molecular complexity index is 919. The molecule has 4 bridgehead atoms. The summed E-state index contributed by atoms with van der Waals surface area (Å²) in [6.07, 6.45) is -10.5. The zero-order valence-electron chi connectivity index (χ0n) is 15.3. The SMILES string of the molecule is C[C@H]1Oc2nc(c(N)cc2C(F)(F)F)-c2nnc(o2)[C@@](O)(C(F)(F)F)CCCCS1. The van der Waals surface area contributed by atoms with Crippen molar-refractivity contribution in [3.63, 3.8) is 0 Å². The molecule has 0 spiro atoms. The summed E-state index contributed by atoms with van der Waals surface area (Å²) >= 11 is 1.09. The molecular formula is C16H16F6N4O3S. The zero-order chi connectivity index (χ0) is 22.3. The third-order valence-corrected chi connectivity index (χ3v) is 5.43. The number of halogens is 6. The van der Waals surface area contributed by atoms with E-state index in [0.29, 0.717) is 6.07 Å². The Labute approximate surface area is 170 Å². The minimum atomic E-state index is -5.12. The maximum absolute atomic E-state index is 13.5. The maximum Gasteiger partial charge on any atom is 0.426 e. The van der Waals surface area contributed by atoms with E-state index in [9.17, 15) is 31.4 Å². The van der Waals surface area contributed by atoms with Crippen molar-refractivity contribution in [2.75, 3.05) is 11.5 Å². The average molecular weight is 458 g/mol. The molecule has 2 atom stereocenters. The molecule has 1 aliphatic rings. The van der Waals surface area contributed by atoms with E-state index in [2.05, 4.69) is 15.2 Å². The number of nitrogen functional groups attached to an aromatic ring is 1. The molecule has 0 fully saturated rings. The molecule has 0 saturated carbocycles. The van der Waals surface area contributed by atoms with Crippen LogP contribution in [0.5, 0.6) is 5.88 Å². The van der Waals surface area contributed by atoms with Gasteiger partial charge in [0.05, 0.1) is 5.69 Å². The number of aliphatic hydroxyl groups is 1. The number of thioether (sulfide) groups is 1. The number of nitrogens with two attached hydrogens (primary N) is 1. The lowest BCUT2D eigenvalue weighted by atomic mass is 9.96. The van der Waals surface area contributed by atoms with Crippen LogP contribution in [0.4, 0.5) is 32.0 Å². The van der Waals surface area contributed by atoms with Crippen molar-refractivity contribution >= 4 is 17.4 Å². The number of rotatable bonds is 0. The van der Waals surface area contributed by atoms with Crippen LogP contribution in [0, 0.1) is 0 Å². The van der Waals surface area contributed by atoms with Gasteiger partial charge in [-0.2, -0.15) is 26.3 Å². The number of hydrogen-bond acceptors (Lipinski definition) is 8. The lowest BCUT2D eigenvalue weighted by Crippen LogP contribution is -2.42. The second-order valence-electron chi connectivity index (χ2n) is 6.56. The summed E-state index contributed by atoms with van der Waals surface area (Å²) in [5, 5.41) is 16.9. The molecule has 166 valence electrons. The van der Waals surface area contributed by atoms with Crippen LogP contribution in [0.1, 0.15) is 37.6 Å². The summed E-state index contributed by atoms with van der Waals surface area (Å²) in [6, 6.07) is 0.529. The Hall–Kier alpha value is -2.22. The van der Waals surface area contributed by atoms with Gasteiger partial charge in [0.2, 0.25) is 11.5 Å². The molecule has 0 saturated heterocycles. The van der Waals surface area contributed by atoms with E-state index >= 15 is 0 Å². The Kier molecular flexibility index (Phi) is 5.84. The smallest absolute Gasteiger partial charge is 0.426 e. The van der Waals surface area contributed by atoms with Crippen LogP contribution in [-0.4, -0.2) is 37.7 Å². The van der Waals surface area contributed by atoms with E-state index in [1.165, 1.54) is 6.92 Å². The van der Waals surface area contributed by atoms with Crippen LogP contribution < -0.4 is 10.5 Å². The zero-order valence-corrected chi connectivity index (χ0v) is 16.2. The molecule has 2 aromatic heterocycles. The van der Waals surface area contributed by atoms with Crippen molar-refractivity contribution < 1.29 is 40.6 Å². The second-order valence-corrected chi connectivity index (χ2v) is 7.97. The van der Waals surface area contributed by atoms with Crippen LogP contribution in [0.2, 0.25) is 0 Å². The minimum Gasteiger partial charge on any atom is -0.463 e. The van der Waals surface area contributed by atoms with Crippen molar-refractivity contribution in [2.45, 2.75) is 49.6 Å². The summed E-state index contributed by atoms with van der Waals surface area (Å²) in [6.45, 7) is 1.48. The summed E-state index contributed by atoms with van der Waals surface area (Å²) < 4.78 is 91.0. The molecule has 30 heavy (non-hydrogen) atoms. The molecule has 7 nitrogen and oxygen atoms in total. The van der Waals surface area contributed by atoms with Gasteiger partial charge < -0.3 is 20.0 Å². The first-order valence-corrected chi connectivity index (χ1v) is 9.67. The van der Waals surface area contributed by atoms with Crippen molar-refractivity contribution in [1.82, 2.24) is 15.2 Å². The highest BCUT2D eigenvalue weighted by molar-refractivity contribution is 7.99. The summed E-state index contributed by atoms with van der Waals surface area (Å²) in [4.78, 5) is 3.69. The van der Waals surface area contributed by atoms with Crippen LogP contribution >= 0.6 is 11.8 Å². The average Bonchev–Trinajstić information content (AvgIpc) is 3.10. The predicted molar refractivity (Wildman–Crippen MR) is 93.3 cm³/mol. The van der Waals surface area contributed by atoms with Gasteiger partial charge in [0.1, 0.15) is 11.0 Å². The summed E-state index contributed by atoms with van der Waals surface area (Å²) in [7, 11) is 0. The molecule has 3 rings (SSSR count). The molecule has 0 aromatic carbocycles. The topological polar surface area (TPSA) is 107 Å².